The second kappa shape index (κ2) is 13.3. The molecular weight excluding hydrogens is 525 g/mol. The van der Waals surface area contributed by atoms with E-state index in [9.17, 15) is 0 Å². The van der Waals surface area contributed by atoms with Crippen molar-refractivity contribution < 1.29 is 4.74 Å². The number of benzene rings is 1. The van der Waals surface area contributed by atoms with Crippen molar-refractivity contribution in [3.63, 3.8) is 0 Å². The number of halogens is 1. The first-order valence-corrected chi connectivity index (χ1v) is 12.9. The van der Waals surface area contributed by atoms with Gasteiger partial charge in [-0.15, -0.1) is 24.0 Å². The first-order chi connectivity index (χ1) is 15.7. The Bertz CT molecular complexity index is 719. The third-order valence-electron chi connectivity index (χ3n) is 7.56. The summed E-state index contributed by atoms with van der Waals surface area (Å²) >= 11 is 0. The quantitative estimate of drug-likeness (QED) is 0.250. The normalized spacial score (nSPS) is 24.9. The van der Waals surface area contributed by atoms with Crippen molar-refractivity contribution in [1.29, 1.82) is 0 Å². The van der Waals surface area contributed by atoms with Gasteiger partial charge in [-0.1, -0.05) is 43.2 Å². The Labute approximate surface area is 217 Å². The highest BCUT2D eigenvalue weighted by molar-refractivity contribution is 14.0. The zero-order valence-corrected chi connectivity index (χ0v) is 22.9. The van der Waals surface area contributed by atoms with Crippen LogP contribution in [0, 0.1) is 0 Å². The molecule has 1 aromatic rings. The van der Waals surface area contributed by atoms with E-state index < -0.39 is 0 Å². The maximum atomic E-state index is 5.71. The molecule has 2 aliphatic heterocycles. The summed E-state index contributed by atoms with van der Waals surface area (Å²) < 4.78 is 5.71. The summed E-state index contributed by atoms with van der Waals surface area (Å²) in [5.41, 5.74) is 1.30. The van der Waals surface area contributed by atoms with Crippen LogP contribution in [0.15, 0.2) is 35.3 Å². The van der Waals surface area contributed by atoms with E-state index in [1.54, 1.807) is 0 Å². The Morgan fingerprint density at radius 3 is 2.58 bits per heavy atom. The maximum Gasteiger partial charge on any atom is 0.191 e. The predicted octanol–water partition coefficient (Wildman–Crippen LogP) is 4.08. The molecule has 0 aromatic heterocycles. The molecule has 6 nitrogen and oxygen atoms in total. The number of nitrogens with one attached hydrogen (secondary N) is 3. The van der Waals surface area contributed by atoms with E-state index in [2.05, 4.69) is 65.0 Å². The molecular formula is C26H44IN5O. The first-order valence-electron chi connectivity index (χ1n) is 12.9. The molecule has 3 fully saturated rings. The SMILES string of the molecule is CCNC(=NCC1(NC(C)c2ccccc2)CCOCC1)NC1CCN(C2CCCC2)C1.I. The molecule has 33 heavy (non-hydrogen) atoms. The topological polar surface area (TPSA) is 60.9 Å². The lowest BCUT2D eigenvalue weighted by atomic mass is 9.88. The number of aliphatic imine (C=N–C) groups is 1. The molecule has 4 rings (SSSR count). The van der Waals surface area contributed by atoms with Gasteiger partial charge >= 0.3 is 0 Å². The fraction of sp³-hybridized carbons (Fsp3) is 0.731. The van der Waals surface area contributed by atoms with Crippen LogP contribution < -0.4 is 16.0 Å². The molecule has 186 valence electrons. The van der Waals surface area contributed by atoms with Crippen LogP contribution in [0.2, 0.25) is 0 Å². The van der Waals surface area contributed by atoms with Crippen LogP contribution in [0.5, 0.6) is 0 Å². The molecule has 1 aromatic carbocycles. The zero-order chi connectivity index (χ0) is 22.2. The van der Waals surface area contributed by atoms with Gasteiger partial charge in [0.15, 0.2) is 5.96 Å². The van der Waals surface area contributed by atoms with Gasteiger partial charge in [-0.3, -0.25) is 9.89 Å². The van der Waals surface area contributed by atoms with E-state index in [0.29, 0.717) is 6.04 Å². The molecule has 0 spiro atoms. The van der Waals surface area contributed by atoms with Gasteiger partial charge in [-0.2, -0.15) is 0 Å². The number of hydrogen-bond acceptors (Lipinski definition) is 4. The maximum absolute atomic E-state index is 5.71. The van der Waals surface area contributed by atoms with Crippen LogP contribution in [0.4, 0.5) is 0 Å². The van der Waals surface area contributed by atoms with Crippen molar-refractivity contribution in [2.24, 2.45) is 4.99 Å². The molecule has 3 N–H and O–H groups in total. The van der Waals surface area contributed by atoms with Crippen LogP contribution in [0.25, 0.3) is 0 Å². The molecule has 7 heteroatoms. The average Bonchev–Trinajstić information content (AvgIpc) is 3.51. The highest BCUT2D eigenvalue weighted by Gasteiger charge is 2.34. The summed E-state index contributed by atoms with van der Waals surface area (Å²) in [5.74, 6) is 0.964. The van der Waals surface area contributed by atoms with Gasteiger partial charge in [0.1, 0.15) is 0 Å². The third kappa shape index (κ3) is 7.54. The summed E-state index contributed by atoms with van der Waals surface area (Å²) in [7, 11) is 0. The minimum absolute atomic E-state index is 0. The summed E-state index contributed by atoms with van der Waals surface area (Å²) in [5, 5.41) is 11.2. The van der Waals surface area contributed by atoms with Gasteiger partial charge in [0.05, 0.1) is 6.54 Å². The highest BCUT2D eigenvalue weighted by atomic mass is 127. The fourth-order valence-corrected chi connectivity index (χ4v) is 5.64. The number of hydrogen-bond donors (Lipinski definition) is 3. The monoisotopic (exact) mass is 569 g/mol. The van der Waals surface area contributed by atoms with Crippen molar-refractivity contribution in [3.8, 4) is 0 Å². The van der Waals surface area contributed by atoms with Gasteiger partial charge in [0, 0.05) is 56.5 Å². The van der Waals surface area contributed by atoms with E-state index in [1.807, 2.05) is 0 Å². The highest BCUT2D eigenvalue weighted by Crippen LogP contribution is 2.27. The molecule has 0 radical (unpaired) electrons. The Balaban J connectivity index is 0.00000306. The second-order valence-electron chi connectivity index (χ2n) is 9.93. The van der Waals surface area contributed by atoms with Crippen LogP contribution in [0.3, 0.4) is 0 Å². The second-order valence-corrected chi connectivity index (χ2v) is 9.93. The van der Waals surface area contributed by atoms with Gasteiger partial charge < -0.3 is 20.7 Å². The number of nitrogens with zero attached hydrogens (tertiary/aromatic N) is 2. The number of likely N-dealkylation sites (tertiary alicyclic amines) is 1. The molecule has 2 unspecified atom stereocenters. The van der Waals surface area contributed by atoms with E-state index in [0.717, 1.165) is 57.7 Å². The number of guanidine groups is 1. The number of ether oxygens (including phenoxy) is 1. The molecule has 1 aliphatic carbocycles. The van der Waals surface area contributed by atoms with Crippen molar-refractivity contribution in [2.45, 2.75) is 82.5 Å². The van der Waals surface area contributed by atoms with E-state index in [-0.39, 0.29) is 35.6 Å². The first kappa shape index (κ1) is 26.7. The largest absolute Gasteiger partial charge is 0.381 e. The van der Waals surface area contributed by atoms with Crippen LogP contribution in [-0.2, 0) is 4.74 Å². The molecule has 3 aliphatic rings. The van der Waals surface area contributed by atoms with Crippen LogP contribution in [-0.4, -0.2) is 67.9 Å². The van der Waals surface area contributed by atoms with Gasteiger partial charge in [0.25, 0.3) is 0 Å². The summed E-state index contributed by atoms with van der Waals surface area (Å²) in [4.78, 5) is 7.81. The lowest BCUT2D eigenvalue weighted by molar-refractivity contribution is 0.0374. The van der Waals surface area contributed by atoms with Gasteiger partial charge in [-0.05, 0) is 51.5 Å². The van der Waals surface area contributed by atoms with Gasteiger partial charge in [-0.25, -0.2) is 0 Å². The van der Waals surface area contributed by atoms with Crippen molar-refractivity contribution in [3.05, 3.63) is 35.9 Å². The van der Waals surface area contributed by atoms with Gasteiger partial charge in [0.2, 0.25) is 0 Å². The molecule has 0 bridgehead atoms. The Morgan fingerprint density at radius 1 is 1.15 bits per heavy atom. The zero-order valence-electron chi connectivity index (χ0n) is 20.5. The molecule has 0 amide bonds. The standard InChI is InChI=1S/C26H43N5O.HI/c1-3-27-25(29-23-13-16-31(19-23)24-11-7-8-12-24)28-20-26(14-17-32-18-15-26)30-21(2)22-9-5-4-6-10-22;/h4-6,9-10,21,23-24,30H,3,7-8,11-20H2,1-2H3,(H2,27,28,29);1H. The van der Waals surface area contributed by atoms with E-state index in [1.165, 1.54) is 44.2 Å². The minimum atomic E-state index is -0.0264. The summed E-state index contributed by atoms with van der Waals surface area (Å²) in [6.07, 6.45) is 8.78. The third-order valence-corrected chi connectivity index (χ3v) is 7.56. The predicted molar refractivity (Wildman–Crippen MR) is 148 cm³/mol. The summed E-state index contributed by atoms with van der Waals surface area (Å²) in [6, 6.07) is 12.3. The smallest absolute Gasteiger partial charge is 0.191 e. The minimum Gasteiger partial charge on any atom is -0.381 e. The van der Waals surface area contributed by atoms with Crippen molar-refractivity contribution in [1.82, 2.24) is 20.9 Å². The van der Waals surface area contributed by atoms with Crippen LogP contribution >= 0.6 is 24.0 Å². The average molecular weight is 570 g/mol. The van der Waals surface area contributed by atoms with E-state index >= 15 is 0 Å². The molecule has 1 saturated carbocycles. The summed E-state index contributed by atoms with van der Waals surface area (Å²) in [6.45, 7) is 10.0. The van der Waals surface area contributed by atoms with E-state index in [4.69, 9.17) is 9.73 Å². The molecule has 2 saturated heterocycles. The van der Waals surface area contributed by atoms with Crippen LogP contribution in [0.1, 0.15) is 70.4 Å². The fourth-order valence-electron chi connectivity index (χ4n) is 5.64. The number of rotatable bonds is 8. The van der Waals surface area contributed by atoms with Crippen molar-refractivity contribution in [2.75, 3.05) is 39.4 Å². The Morgan fingerprint density at radius 2 is 1.88 bits per heavy atom. The molecule has 2 atom stereocenters. The Kier molecular flexibility index (Phi) is 10.7. The Hall–Kier alpha value is -0.900. The van der Waals surface area contributed by atoms with Crippen molar-refractivity contribution >= 4 is 29.9 Å². The lowest BCUT2D eigenvalue weighted by Crippen LogP contribution is -2.53. The molecule has 2 heterocycles. The lowest BCUT2D eigenvalue weighted by Gasteiger charge is -2.39.